The molecule has 0 aliphatic carbocycles. The number of nitrogens with zero attached hydrogens (tertiary/aromatic N) is 6. The lowest BCUT2D eigenvalue weighted by Crippen LogP contribution is -2.07. The van der Waals surface area contributed by atoms with Gasteiger partial charge in [0.1, 0.15) is 0 Å². The third kappa shape index (κ3) is 4.16. The highest BCUT2D eigenvalue weighted by molar-refractivity contribution is 7.26. The summed E-state index contributed by atoms with van der Waals surface area (Å²) in [6.45, 7) is 0. The molecule has 11 aromatic rings. The van der Waals surface area contributed by atoms with Gasteiger partial charge in [0, 0.05) is 65.2 Å². The standard InChI is InChI=1S/C44H26N6S/c1-2-12-27(13-3-1)42-46-43(48-44(47-42)50-33-18-8-4-14-28(33)29-15-5-9-19-34(29)50)30-16-6-10-20-35(30)49-36-24-25-45-26-32(36)40-37(49)22-23-39-41(40)31-17-7-11-21-38(31)51-39/h1-26H. The Balaban J connectivity index is 1.23. The van der Waals surface area contributed by atoms with Crippen LogP contribution >= 0.6 is 11.3 Å². The fourth-order valence-corrected chi connectivity index (χ4v) is 8.84. The number of benzene rings is 6. The van der Waals surface area contributed by atoms with Crippen LogP contribution in [0.3, 0.4) is 0 Å². The fraction of sp³-hybridized carbons (Fsp3) is 0. The molecule has 0 saturated heterocycles. The minimum atomic E-state index is 0.573. The van der Waals surface area contributed by atoms with Crippen molar-refractivity contribution in [1.29, 1.82) is 0 Å². The van der Waals surface area contributed by atoms with E-state index in [-0.39, 0.29) is 0 Å². The van der Waals surface area contributed by atoms with E-state index in [2.05, 4.69) is 142 Å². The van der Waals surface area contributed by atoms with Crippen molar-refractivity contribution in [3.8, 4) is 34.4 Å². The summed E-state index contributed by atoms with van der Waals surface area (Å²) in [5, 5.41) is 7.16. The molecule has 6 nitrogen and oxygen atoms in total. The number of fused-ring (bicyclic) bond motifs is 10. The van der Waals surface area contributed by atoms with Crippen molar-refractivity contribution in [3.05, 3.63) is 158 Å². The number of aromatic nitrogens is 6. The van der Waals surface area contributed by atoms with Crippen LogP contribution in [0.25, 0.3) is 98.2 Å². The van der Waals surface area contributed by atoms with Gasteiger partial charge in [0.05, 0.1) is 27.8 Å². The second-order valence-electron chi connectivity index (χ2n) is 12.7. The van der Waals surface area contributed by atoms with Crippen molar-refractivity contribution in [2.24, 2.45) is 0 Å². The van der Waals surface area contributed by atoms with Gasteiger partial charge in [-0.25, -0.2) is 4.98 Å². The molecule has 5 aromatic heterocycles. The minimum Gasteiger partial charge on any atom is -0.308 e. The van der Waals surface area contributed by atoms with Crippen LogP contribution in [0.5, 0.6) is 0 Å². The lowest BCUT2D eigenvalue weighted by molar-refractivity contribution is 0.951. The van der Waals surface area contributed by atoms with Crippen LogP contribution in [-0.4, -0.2) is 29.1 Å². The molecule has 0 radical (unpaired) electrons. The topological polar surface area (TPSA) is 61.4 Å². The van der Waals surface area contributed by atoms with E-state index in [1.807, 2.05) is 41.9 Å². The first kappa shape index (κ1) is 28.2. The summed E-state index contributed by atoms with van der Waals surface area (Å²) in [6, 6.07) is 50.8. The van der Waals surface area contributed by atoms with E-state index in [1.165, 1.54) is 25.6 Å². The van der Waals surface area contributed by atoms with Crippen LogP contribution in [-0.2, 0) is 0 Å². The van der Waals surface area contributed by atoms with Crippen LogP contribution < -0.4 is 0 Å². The predicted octanol–water partition coefficient (Wildman–Crippen LogP) is 11.2. The van der Waals surface area contributed by atoms with Gasteiger partial charge in [-0.15, -0.1) is 11.3 Å². The first-order valence-electron chi connectivity index (χ1n) is 16.9. The molecule has 0 spiro atoms. The molecule has 7 heteroatoms. The number of thiophene rings is 1. The van der Waals surface area contributed by atoms with Crippen LogP contribution in [0.4, 0.5) is 0 Å². The van der Waals surface area contributed by atoms with E-state index >= 15 is 0 Å². The van der Waals surface area contributed by atoms with Crippen LogP contribution in [0.1, 0.15) is 0 Å². The summed E-state index contributed by atoms with van der Waals surface area (Å²) in [4.78, 5) is 20.3. The zero-order chi connectivity index (χ0) is 33.5. The smallest absolute Gasteiger partial charge is 0.238 e. The maximum atomic E-state index is 5.30. The fourth-order valence-electron chi connectivity index (χ4n) is 7.73. The Bertz CT molecular complexity index is 3100. The number of pyridine rings is 1. The summed E-state index contributed by atoms with van der Waals surface area (Å²) in [6.07, 6.45) is 3.87. The normalized spacial score (nSPS) is 11.9. The quantitative estimate of drug-likeness (QED) is 0.187. The second-order valence-corrected chi connectivity index (χ2v) is 13.8. The molecule has 0 fully saturated rings. The molecule has 6 aromatic carbocycles. The molecule has 0 bridgehead atoms. The average molecular weight is 671 g/mol. The number of rotatable bonds is 4. The van der Waals surface area contributed by atoms with Crippen LogP contribution in [0.2, 0.25) is 0 Å². The van der Waals surface area contributed by atoms with Crippen LogP contribution in [0.15, 0.2) is 158 Å². The van der Waals surface area contributed by atoms with Gasteiger partial charge in [0.25, 0.3) is 0 Å². The molecule has 0 N–H and O–H groups in total. The third-order valence-corrected chi connectivity index (χ3v) is 11.0. The van der Waals surface area contributed by atoms with Crippen LogP contribution in [0, 0.1) is 0 Å². The van der Waals surface area contributed by atoms with Gasteiger partial charge in [-0.1, -0.05) is 97.1 Å². The highest BCUT2D eigenvalue weighted by Crippen LogP contribution is 2.44. The van der Waals surface area contributed by atoms with Gasteiger partial charge in [0.15, 0.2) is 11.6 Å². The Morgan fingerprint density at radius 2 is 1.10 bits per heavy atom. The van der Waals surface area contributed by atoms with Crippen molar-refractivity contribution >= 4 is 75.1 Å². The molecule has 238 valence electrons. The highest BCUT2D eigenvalue weighted by atomic mass is 32.1. The predicted molar refractivity (Wildman–Crippen MR) is 210 cm³/mol. The molecule has 0 saturated carbocycles. The lowest BCUT2D eigenvalue weighted by Gasteiger charge is -2.15. The summed E-state index contributed by atoms with van der Waals surface area (Å²) in [5.74, 6) is 1.79. The van der Waals surface area contributed by atoms with Crippen molar-refractivity contribution in [3.63, 3.8) is 0 Å². The monoisotopic (exact) mass is 670 g/mol. The Kier molecular flexibility index (Phi) is 6.02. The molecular weight excluding hydrogens is 645 g/mol. The lowest BCUT2D eigenvalue weighted by atomic mass is 10.1. The molecule has 5 heterocycles. The summed E-state index contributed by atoms with van der Waals surface area (Å²) >= 11 is 1.83. The molecule has 0 unspecified atom stereocenters. The first-order valence-corrected chi connectivity index (χ1v) is 17.7. The molecular formula is C44H26N6S. The Labute approximate surface area is 295 Å². The first-order chi connectivity index (χ1) is 25.3. The Morgan fingerprint density at radius 1 is 0.431 bits per heavy atom. The van der Waals surface area contributed by atoms with Crippen molar-refractivity contribution < 1.29 is 0 Å². The molecule has 0 aliphatic rings. The number of hydrogen-bond acceptors (Lipinski definition) is 5. The van der Waals surface area contributed by atoms with Gasteiger partial charge in [-0.05, 0) is 48.5 Å². The Morgan fingerprint density at radius 3 is 1.92 bits per heavy atom. The maximum absolute atomic E-state index is 5.30. The zero-order valence-corrected chi connectivity index (χ0v) is 27.9. The van der Waals surface area contributed by atoms with Crippen molar-refractivity contribution in [1.82, 2.24) is 29.1 Å². The van der Waals surface area contributed by atoms with Crippen molar-refractivity contribution in [2.45, 2.75) is 0 Å². The van der Waals surface area contributed by atoms with Gasteiger partial charge in [-0.2, -0.15) is 9.97 Å². The summed E-state index contributed by atoms with van der Waals surface area (Å²) in [7, 11) is 0. The van der Waals surface area contributed by atoms with Gasteiger partial charge < -0.3 is 4.57 Å². The van der Waals surface area contributed by atoms with E-state index in [0.29, 0.717) is 17.6 Å². The number of para-hydroxylation sites is 3. The summed E-state index contributed by atoms with van der Waals surface area (Å²) < 4.78 is 7.05. The molecule has 0 aliphatic heterocycles. The molecule has 0 atom stereocenters. The highest BCUT2D eigenvalue weighted by Gasteiger charge is 2.22. The van der Waals surface area contributed by atoms with Crippen molar-refractivity contribution in [2.75, 3.05) is 0 Å². The van der Waals surface area contributed by atoms with E-state index in [0.717, 1.165) is 55.0 Å². The van der Waals surface area contributed by atoms with E-state index in [9.17, 15) is 0 Å². The number of hydrogen-bond donors (Lipinski definition) is 0. The average Bonchev–Trinajstić information content (AvgIpc) is 3.86. The van der Waals surface area contributed by atoms with E-state index in [1.54, 1.807) is 0 Å². The Hall–Kier alpha value is -6.70. The largest absolute Gasteiger partial charge is 0.308 e. The van der Waals surface area contributed by atoms with Gasteiger partial charge in [0.2, 0.25) is 5.95 Å². The van der Waals surface area contributed by atoms with E-state index in [4.69, 9.17) is 15.0 Å². The van der Waals surface area contributed by atoms with Gasteiger partial charge >= 0.3 is 0 Å². The second kappa shape index (κ2) is 10.9. The maximum Gasteiger partial charge on any atom is 0.238 e. The minimum absolute atomic E-state index is 0.573. The SMILES string of the molecule is c1ccc(-c2nc(-c3ccccc3-n3c4ccncc4c4c5c(ccc43)sc3ccccc35)nc(-n3c4ccccc4c4ccccc43)n2)cc1. The molecule has 0 amide bonds. The zero-order valence-electron chi connectivity index (χ0n) is 27.1. The summed E-state index contributed by atoms with van der Waals surface area (Å²) in [5.41, 5.74) is 7.10. The van der Waals surface area contributed by atoms with E-state index < -0.39 is 0 Å². The molecule has 11 rings (SSSR count). The molecule has 51 heavy (non-hydrogen) atoms. The third-order valence-electron chi connectivity index (χ3n) is 9.89. The van der Waals surface area contributed by atoms with Gasteiger partial charge in [-0.3, -0.25) is 9.55 Å².